The Balaban J connectivity index is 2.93. The second-order valence-corrected chi connectivity index (χ2v) is 3.01. The van der Waals surface area contributed by atoms with Crippen LogP contribution in [0.3, 0.4) is 0 Å². The van der Waals surface area contributed by atoms with E-state index >= 15 is 0 Å². The standard InChI is InChI=1S/C10H13N3O4/c1-16-6-3-4-8(17-2)7(5-6)9(14)12-13-10(11)15/h3-5H,1-2H3,(H,12,14)(H3,11,13,15). The predicted octanol–water partition coefficient (Wildman–Crippen LogP) is 0.0169. The third-order valence-corrected chi connectivity index (χ3v) is 1.95. The SMILES string of the molecule is COc1ccc(OC)c(C(=O)NNC(N)=O)c1. The molecule has 1 aromatic rings. The van der Waals surface area contributed by atoms with Crippen LogP contribution in [0, 0.1) is 0 Å². The Labute approximate surface area is 97.9 Å². The van der Waals surface area contributed by atoms with E-state index in [2.05, 4.69) is 5.43 Å². The molecule has 3 amide bonds. The van der Waals surface area contributed by atoms with Gasteiger partial charge in [0.1, 0.15) is 11.5 Å². The summed E-state index contributed by atoms with van der Waals surface area (Å²) in [5.41, 5.74) is 9.15. The lowest BCUT2D eigenvalue weighted by Crippen LogP contribution is -2.44. The molecular weight excluding hydrogens is 226 g/mol. The number of ether oxygens (including phenoxy) is 2. The molecule has 0 fully saturated rings. The van der Waals surface area contributed by atoms with Gasteiger partial charge in [0.05, 0.1) is 19.8 Å². The molecule has 0 radical (unpaired) electrons. The highest BCUT2D eigenvalue weighted by molar-refractivity contribution is 5.98. The summed E-state index contributed by atoms with van der Waals surface area (Å²) in [6.45, 7) is 0. The zero-order valence-electron chi connectivity index (χ0n) is 9.44. The molecule has 4 N–H and O–H groups in total. The Morgan fingerprint density at radius 2 is 1.88 bits per heavy atom. The van der Waals surface area contributed by atoms with Crippen LogP contribution in [-0.4, -0.2) is 26.2 Å². The van der Waals surface area contributed by atoms with Gasteiger partial charge in [0, 0.05) is 0 Å². The molecule has 1 rings (SSSR count). The summed E-state index contributed by atoms with van der Waals surface area (Å²) in [5.74, 6) is 0.296. The fraction of sp³-hybridized carbons (Fsp3) is 0.200. The van der Waals surface area contributed by atoms with Crippen LogP contribution in [0.2, 0.25) is 0 Å². The van der Waals surface area contributed by atoms with Crippen molar-refractivity contribution in [2.45, 2.75) is 0 Å². The number of hydrogen-bond acceptors (Lipinski definition) is 4. The van der Waals surface area contributed by atoms with Gasteiger partial charge in [-0.3, -0.25) is 10.2 Å². The molecule has 7 nitrogen and oxygen atoms in total. The van der Waals surface area contributed by atoms with Gasteiger partial charge in [-0.1, -0.05) is 0 Å². The van der Waals surface area contributed by atoms with Gasteiger partial charge in [-0.25, -0.2) is 10.2 Å². The van der Waals surface area contributed by atoms with E-state index in [1.54, 1.807) is 12.1 Å². The Bertz CT molecular complexity index is 434. The molecule has 0 aliphatic rings. The Morgan fingerprint density at radius 3 is 2.41 bits per heavy atom. The number of carbonyl (C=O) groups is 2. The first-order valence-electron chi connectivity index (χ1n) is 4.66. The quantitative estimate of drug-likeness (QED) is 0.647. The minimum absolute atomic E-state index is 0.223. The summed E-state index contributed by atoms with van der Waals surface area (Å²) >= 11 is 0. The molecule has 0 unspecified atom stereocenters. The van der Waals surface area contributed by atoms with Crippen LogP contribution in [0.1, 0.15) is 10.4 Å². The maximum absolute atomic E-state index is 11.7. The van der Waals surface area contributed by atoms with Crippen molar-refractivity contribution in [3.63, 3.8) is 0 Å². The zero-order valence-corrected chi connectivity index (χ0v) is 9.44. The Kier molecular flexibility index (Phi) is 4.15. The van der Waals surface area contributed by atoms with E-state index in [4.69, 9.17) is 15.2 Å². The third-order valence-electron chi connectivity index (χ3n) is 1.95. The number of amides is 3. The van der Waals surface area contributed by atoms with Crippen molar-refractivity contribution in [2.24, 2.45) is 5.73 Å². The second kappa shape index (κ2) is 5.59. The molecule has 0 bridgehead atoms. The lowest BCUT2D eigenvalue weighted by atomic mass is 10.2. The van der Waals surface area contributed by atoms with Gasteiger partial charge in [-0.05, 0) is 18.2 Å². The summed E-state index contributed by atoms with van der Waals surface area (Å²) in [5, 5.41) is 0. The molecule has 0 saturated heterocycles. The minimum Gasteiger partial charge on any atom is -0.497 e. The summed E-state index contributed by atoms with van der Waals surface area (Å²) in [6.07, 6.45) is 0. The minimum atomic E-state index is -0.861. The van der Waals surface area contributed by atoms with Gasteiger partial charge in [0.25, 0.3) is 5.91 Å². The highest BCUT2D eigenvalue weighted by atomic mass is 16.5. The van der Waals surface area contributed by atoms with Crippen LogP contribution >= 0.6 is 0 Å². The first-order valence-corrected chi connectivity index (χ1v) is 4.66. The molecule has 92 valence electrons. The lowest BCUT2D eigenvalue weighted by Gasteiger charge is -2.10. The number of benzene rings is 1. The van der Waals surface area contributed by atoms with Crippen LogP contribution in [0.15, 0.2) is 18.2 Å². The van der Waals surface area contributed by atoms with E-state index < -0.39 is 11.9 Å². The maximum Gasteiger partial charge on any atom is 0.330 e. The van der Waals surface area contributed by atoms with E-state index in [1.165, 1.54) is 20.3 Å². The number of urea groups is 1. The molecule has 0 atom stereocenters. The summed E-state index contributed by atoms with van der Waals surface area (Å²) in [7, 11) is 2.91. The molecule has 7 heteroatoms. The number of rotatable bonds is 3. The van der Waals surface area contributed by atoms with Crippen LogP contribution in [0.25, 0.3) is 0 Å². The number of hydrogen-bond donors (Lipinski definition) is 3. The average Bonchev–Trinajstić information content (AvgIpc) is 2.34. The number of nitrogens with one attached hydrogen (secondary N) is 2. The van der Waals surface area contributed by atoms with E-state index in [0.717, 1.165) is 0 Å². The first kappa shape index (κ1) is 12.6. The average molecular weight is 239 g/mol. The van der Waals surface area contributed by atoms with Gasteiger partial charge in [0.15, 0.2) is 0 Å². The highest BCUT2D eigenvalue weighted by Crippen LogP contribution is 2.23. The van der Waals surface area contributed by atoms with Crippen molar-refractivity contribution in [1.29, 1.82) is 0 Å². The Hall–Kier alpha value is -2.44. The van der Waals surface area contributed by atoms with Crippen LogP contribution in [0.5, 0.6) is 11.5 Å². The van der Waals surface area contributed by atoms with Crippen molar-refractivity contribution in [1.82, 2.24) is 10.9 Å². The second-order valence-electron chi connectivity index (χ2n) is 3.01. The van der Waals surface area contributed by atoms with Gasteiger partial charge in [-0.2, -0.15) is 0 Å². The normalized spacial score (nSPS) is 9.29. The highest BCUT2D eigenvalue weighted by Gasteiger charge is 2.13. The van der Waals surface area contributed by atoms with Gasteiger partial charge < -0.3 is 15.2 Å². The van der Waals surface area contributed by atoms with Crippen molar-refractivity contribution in [3.05, 3.63) is 23.8 Å². The van der Waals surface area contributed by atoms with Gasteiger partial charge in [-0.15, -0.1) is 0 Å². The Morgan fingerprint density at radius 1 is 1.18 bits per heavy atom. The van der Waals surface area contributed by atoms with Gasteiger partial charge >= 0.3 is 6.03 Å². The lowest BCUT2D eigenvalue weighted by molar-refractivity contribution is 0.0934. The number of primary amides is 1. The molecule has 17 heavy (non-hydrogen) atoms. The summed E-state index contributed by atoms with van der Waals surface area (Å²) in [6, 6.07) is 3.85. The topological polar surface area (TPSA) is 103 Å². The number of hydrazine groups is 1. The maximum atomic E-state index is 11.7. The fourth-order valence-corrected chi connectivity index (χ4v) is 1.18. The molecule has 0 aliphatic carbocycles. The first-order chi connectivity index (χ1) is 8.08. The third kappa shape index (κ3) is 3.26. The van der Waals surface area contributed by atoms with Crippen LogP contribution in [0.4, 0.5) is 4.79 Å². The fourth-order valence-electron chi connectivity index (χ4n) is 1.18. The molecule has 0 saturated carbocycles. The molecule has 0 aliphatic heterocycles. The number of nitrogens with two attached hydrogens (primary N) is 1. The van der Waals surface area contributed by atoms with Crippen LogP contribution < -0.4 is 26.1 Å². The molecular formula is C10H13N3O4. The van der Waals surface area contributed by atoms with E-state index in [9.17, 15) is 9.59 Å². The van der Waals surface area contributed by atoms with Crippen LogP contribution in [-0.2, 0) is 0 Å². The van der Waals surface area contributed by atoms with E-state index in [0.29, 0.717) is 11.5 Å². The largest absolute Gasteiger partial charge is 0.497 e. The van der Waals surface area contributed by atoms with E-state index in [-0.39, 0.29) is 5.56 Å². The van der Waals surface area contributed by atoms with E-state index in [1.807, 2.05) is 5.43 Å². The van der Waals surface area contributed by atoms with Crippen molar-refractivity contribution in [3.8, 4) is 11.5 Å². The molecule has 0 spiro atoms. The smallest absolute Gasteiger partial charge is 0.330 e. The zero-order chi connectivity index (χ0) is 12.8. The molecule has 1 aromatic carbocycles. The summed E-state index contributed by atoms with van der Waals surface area (Å²) < 4.78 is 9.99. The van der Waals surface area contributed by atoms with Crippen molar-refractivity contribution >= 4 is 11.9 Å². The van der Waals surface area contributed by atoms with Gasteiger partial charge in [0.2, 0.25) is 0 Å². The summed E-state index contributed by atoms with van der Waals surface area (Å²) in [4.78, 5) is 22.1. The monoisotopic (exact) mass is 239 g/mol. The molecule has 0 aromatic heterocycles. The van der Waals surface area contributed by atoms with Crippen molar-refractivity contribution < 1.29 is 19.1 Å². The number of methoxy groups -OCH3 is 2. The predicted molar refractivity (Wildman–Crippen MR) is 59.7 cm³/mol. The molecule has 0 heterocycles. The number of carbonyl (C=O) groups excluding carboxylic acids is 2. The van der Waals surface area contributed by atoms with Crippen molar-refractivity contribution in [2.75, 3.05) is 14.2 Å².